The van der Waals surface area contributed by atoms with Crippen LogP contribution < -0.4 is 10.2 Å². The van der Waals surface area contributed by atoms with E-state index in [1.54, 1.807) is 12.1 Å². The minimum Gasteiger partial charge on any atom is -0.378 e. The molecule has 1 N–H and O–H groups in total. The van der Waals surface area contributed by atoms with Gasteiger partial charge >= 0.3 is 0 Å². The van der Waals surface area contributed by atoms with E-state index < -0.39 is 0 Å². The first kappa shape index (κ1) is 20.9. The third-order valence-corrected chi connectivity index (χ3v) is 5.92. The highest BCUT2D eigenvalue weighted by Gasteiger charge is 2.36. The second-order valence-corrected chi connectivity index (χ2v) is 8.01. The SMILES string of the molecule is O=C(Nc1ccccc1N1CCOCC1)c1ccc2c(c1)C(=O)N(Cc1ccccc1)C2=O. The van der Waals surface area contributed by atoms with Crippen molar-refractivity contribution in [2.24, 2.45) is 0 Å². The Morgan fingerprint density at radius 2 is 1.55 bits per heavy atom. The number of nitrogens with one attached hydrogen (secondary N) is 1. The highest BCUT2D eigenvalue weighted by molar-refractivity contribution is 6.22. The fourth-order valence-electron chi connectivity index (χ4n) is 4.20. The van der Waals surface area contributed by atoms with Gasteiger partial charge in [0.1, 0.15) is 0 Å². The second-order valence-electron chi connectivity index (χ2n) is 8.01. The summed E-state index contributed by atoms with van der Waals surface area (Å²) in [5, 5.41) is 2.96. The first-order valence-electron chi connectivity index (χ1n) is 10.9. The molecule has 1 fully saturated rings. The monoisotopic (exact) mass is 441 g/mol. The smallest absolute Gasteiger partial charge is 0.261 e. The van der Waals surface area contributed by atoms with Crippen LogP contribution in [-0.4, -0.2) is 48.9 Å². The average molecular weight is 441 g/mol. The summed E-state index contributed by atoms with van der Waals surface area (Å²) in [4.78, 5) is 42.2. The van der Waals surface area contributed by atoms with Gasteiger partial charge in [-0.25, -0.2) is 0 Å². The number of para-hydroxylation sites is 2. The molecule has 2 aliphatic rings. The van der Waals surface area contributed by atoms with Gasteiger partial charge in [-0.3, -0.25) is 19.3 Å². The molecule has 2 aliphatic heterocycles. The van der Waals surface area contributed by atoms with Crippen LogP contribution >= 0.6 is 0 Å². The fourth-order valence-corrected chi connectivity index (χ4v) is 4.20. The Balaban J connectivity index is 1.36. The molecule has 7 nitrogen and oxygen atoms in total. The van der Waals surface area contributed by atoms with Gasteiger partial charge < -0.3 is 15.0 Å². The van der Waals surface area contributed by atoms with Crippen molar-refractivity contribution in [2.75, 3.05) is 36.5 Å². The van der Waals surface area contributed by atoms with Crippen molar-refractivity contribution < 1.29 is 19.1 Å². The molecule has 0 spiro atoms. The van der Waals surface area contributed by atoms with Crippen molar-refractivity contribution in [1.29, 1.82) is 0 Å². The molecule has 5 rings (SSSR count). The minimum absolute atomic E-state index is 0.196. The van der Waals surface area contributed by atoms with Crippen LogP contribution in [0.5, 0.6) is 0 Å². The van der Waals surface area contributed by atoms with Crippen molar-refractivity contribution in [1.82, 2.24) is 4.90 Å². The van der Waals surface area contributed by atoms with E-state index in [2.05, 4.69) is 10.2 Å². The molecule has 0 bridgehead atoms. The zero-order valence-corrected chi connectivity index (χ0v) is 18.0. The summed E-state index contributed by atoms with van der Waals surface area (Å²) in [6.07, 6.45) is 0. The van der Waals surface area contributed by atoms with Gasteiger partial charge in [0.05, 0.1) is 42.3 Å². The largest absolute Gasteiger partial charge is 0.378 e. The van der Waals surface area contributed by atoms with Crippen molar-refractivity contribution in [3.63, 3.8) is 0 Å². The molecule has 0 unspecified atom stereocenters. The summed E-state index contributed by atoms with van der Waals surface area (Å²) in [6.45, 7) is 2.98. The molecule has 0 aromatic heterocycles. The fraction of sp³-hybridized carbons (Fsp3) is 0.192. The molecule has 0 radical (unpaired) electrons. The van der Waals surface area contributed by atoms with Crippen LogP contribution in [0.15, 0.2) is 72.8 Å². The third-order valence-electron chi connectivity index (χ3n) is 5.92. The number of anilines is 2. The summed E-state index contributed by atoms with van der Waals surface area (Å²) in [7, 11) is 0. The zero-order valence-electron chi connectivity index (χ0n) is 18.0. The van der Waals surface area contributed by atoms with Crippen LogP contribution in [-0.2, 0) is 11.3 Å². The summed E-state index contributed by atoms with van der Waals surface area (Å²) < 4.78 is 5.43. The average Bonchev–Trinajstić information content (AvgIpc) is 3.10. The molecule has 3 aromatic rings. The number of imide groups is 1. The molecule has 7 heteroatoms. The Bertz CT molecular complexity index is 1220. The van der Waals surface area contributed by atoms with Crippen LogP contribution in [0, 0.1) is 0 Å². The number of ether oxygens (including phenoxy) is 1. The molecule has 0 atom stereocenters. The van der Waals surface area contributed by atoms with E-state index in [0.717, 1.165) is 24.3 Å². The Morgan fingerprint density at radius 3 is 2.33 bits per heavy atom. The lowest BCUT2D eigenvalue weighted by Gasteiger charge is -2.30. The number of hydrogen-bond donors (Lipinski definition) is 1. The number of carbonyl (C=O) groups is 3. The number of carbonyl (C=O) groups excluding carboxylic acids is 3. The third kappa shape index (κ3) is 4.10. The summed E-state index contributed by atoms with van der Waals surface area (Å²) in [5.41, 5.74) is 3.39. The van der Waals surface area contributed by atoms with E-state index >= 15 is 0 Å². The van der Waals surface area contributed by atoms with Gasteiger partial charge in [-0.2, -0.15) is 0 Å². The molecular formula is C26H23N3O4. The number of hydrogen-bond acceptors (Lipinski definition) is 5. The Morgan fingerprint density at radius 1 is 0.848 bits per heavy atom. The van der Waals surface area contributed by atoms with Gasteiger partial charge in [0, 0.05) is 18.7 Å². The van der Waals surface area contributed by atoms with Crippen molar-refractivity contribution in [3.8, 4) is 0 Å². The predicted octanol–water partition coefficient (Wildman–Crippen LogP) is 3.57. The molecule has 33 heavy (non-hydrogen) atoms. The lowest BCUT2D eigenvalue weighted by atomic mass is 10.1. The van der Waals surface area contributed by atoms with Gasteiger partial charge in [-0.05, 0) is 35.9 Å². The van der Waals surface area contributed by atoms with Crippen LogP contribution in [0.2, 0.25) is 0 Å². The summed E-state index contributed by atoms with van der Waals surface area (Å²) in [6, 6.07) is 21.6. The van der Waals surface area contributed by atoms with Crippen molar-refractivity contribution >= 4 is 29.1 Å². The lowest BCUT2D eigenvalue weighted by Crippen LogP contribution is -2.36. The number of nitrogens with zero attached hydrogens (tertiary/aromatic N) is 2. The van der Waals surface area contributed by atoms with E-state index in [1.165, 1.54) is 11.0 Å². The first-order chi connectivity index (χ1) is 16.1. The maximum Gasteiger partial charge on any atom is 0.261 e. The van der Waals surface area contributed by atoms with Crippen LogP contribution in [0.4, 0.5) is 11.4 Å². The molecule has 166 valence electrons. The van der Waals surface area contributed by atoms with E-state index in [0.29, 0.717) is 30.0 Å². The summed E-state index contributed by atoms with van der Waals surface area (Å²) >= 11 is 0. The molecule has 3 aromatic carbocycles. The number of benzene rings is 3. The first-order valence-corrected chi connectivity index (χ1v) is 10.9. The lowest BCUT2D eigenvalue weighted by molar-refractivity contribution is 0.0642. The second kappa shape index (κ2) is 8.88. The number of fused-ring (bicyclic) bond motifs is 1. The molecule has 2 heterocycles. The quantitative estimate of drug-likeness (QED) is 0.613. The van der Waals surface area contributed by atoms with Crippen LogP contribution in [0.25, 0.3) is 0 Å². The standard InChI is InChI=1S/C26H23N3O4/c30-24(27-22-8-4-5-9-23(22)28-12-14-33-15-13-28)19-10-11-20-21(16-19)26(32)29(25(20)31)17-18-6-2-1-3-7-18/h1-11,16H,12-15,17H2,(H,27,30). The minimum atomic E-state index is -0.387. The van der Waals surface area contributed by atoms with E-state index in [1.807, 2.05) is 54.6 Å². The topological polar surface area (TPSA) is 79.0 Å². The molecule has 1 saturated heterocycles. The zero-order chi connectivity index (χ0) is 22.8. The number of morpholine rings is 1. The highest BCUT2D eigenvalue weighted by atomic mass is 16.5. The summed E-state index contributed by atoms with van der Waals surface area (Å²) in [5.74, 6) is -1.06. The maximum absolute atomic E-state index is 13.0. The van der Waals surface area contributed by atoms with Gasteiger partial charge in [-0.1, -0.05) is 42.5 Å². The van der Waals surface area contributed by atoms with E-state index in [4.69, 9.17) is 4.74 Å². The normalized spacial score (nSPS) is 15.5. The van der Waals surface area contributed by atoms with Gasteiger partial charge in [0.25, 0.3) is 17.7 Å². The van der Waals surface area contributed by atoms with Crippen molar-refractivity contribution in [3.05, 3.63) is 95.1 Å². The molecule has 0 aliphatic carbocycles. The van der Waals surface area contributed by atoms with Crippen LogP contribution in [0.1, 0.15) is 36.6 Å². The molecular weight excluding hydrogens is 418 g/mol. The van der Waals surface area contributed by atoms with Gasteiger partial charge in [0.15, 0.2) is 0 Å². The maximum atomic E-state index is 13.0. The number of rotatable bonds is 5. The van der Waals surface area contributed by atoms with Crippen molar-refractivity contribution in [2.45, 2.75) is 6.54 Å². The molecule has 0 saturated carbocycles. The predicted molar refractivity (Wildman–Crippen MR) is 125 cm³/mol. The van der Waals surface area contributed by atoms with E-state index in [-0.39, 0.29) is 29.8 Å². The Kier molecular flexibility index (Phi) is 5.62. The highest BCUT2D eigenvalue weighted by Crippen LogP contribution is 2.29. The van der Waals surface area contributed by atoms with Gasteiger partial charge in [0.2, 0.25) is 0 Å². The Hall–Kier alpha value is -3.97. The van der Waals surface area contributed by atoms with E-state index in [9.17, 15) is 14.4 Å². The molecule has 3 amide bonds. The Labute approximate surface area is 191 Å². The van der Waals surface area contributed by atoms with Crippen LogP contribution in [0.3, 0.4) is 0 Å². The number of amides is 3. The van der Waals surface area contributed by atoms with Gasteiger partial charge in [-0.15, -0.1) is 0 Å².